The Hall–Kier alpha value is -2.93. The monoisotopic (exact) mass is 388 g/mol. The summed E-state index contributed by atoms with van der Waals surface area (Å²) in [5.41, 5.74) is 1.59. The highest BCUT2D eigenvalue weighted by molar-refractivity contribution is 6.34. The van der Waals surface area contributed by atoms with Gasteiger partial charge in [0.25, 0.3) is 0 Å². The maximum Gasteiger partial charge on any atom is 0.419 e. The molecule has 1 aliphatic rings. The average Bonchev–Trinajstić information content (AvgIpc) is 2.81. The summed E-state index contributed by atoms with van der Waals surface area (Å²) in [4.78, 5) is 24.3. The number of nitrogens with one attached hydrogen (secondary N) is 1. The molecule has 0 fully saturated rings. The van der Waals surface area contributed by atoms with Crippen molar-refractivity contribution in [1.82, 2.24) is 4.57 Å². The van der Waals surface area contributed by atoms with Crippen LogP contribution in [0.1, 0.15) is 12.8 Å². The Labute approximate surface area is 159 Å². The molecule has 3 aromatic rings. The third-order valence-electron chi connectivity index (χ3n) is 4.25. The molecule has 0 spiro atoms. The molecule has 140 valence electrons. The van der Waals surface area contributed by atoms with Crippen LogP contribution in [-0.4, -0.2) is 23.7 Å². The van der Waals surface area contributed by atoms with E-state index in [1.807, 2.05) is 6.07 Å². The van der Waals surface area contributed by atoms with Crippen molar-refractivity contribution in [3.63, 3.8) is 0 Å². The first-order valence-corrected chi connectivity index (χ1v) is 8.97. The van der Waals surface area contributed by atoms with Crippen LogP contribution in [0.25, 0.3) is 11.1 Å². The maximum atomic E-state index is 12.4. The number of ether oxygens (including phenoxy) is 2. The molecule has 0 saturated heterocycles. The van der Waals surface area contributed by atoms with E-state index >= 15 is 0 Å². The topological polar surface area (TPSA) is 82.7 Å². The Morgan fingerprint density at radius 2 is 1.89 bits per heavy atom. The summed E-state index contributed by atoms with van der Waals surface area (Å²) in [6.45, 7) is 1.30. The second kappa shape index (κ2) is 7.36. The molecule has 27 heavy (non-hydrogen) atoms. The summed E-state index contributed by atoms with van der Waals surface area (Å²) in [6.07, 6.45) is 0.871. The largest absolute Gasteiger partial charge is 0.490 e. The van der Waals surface area contributed by atoms with Gasteiger partial charge in [-0.05, 0) is 12.1 Å². The van der Waals surface area contributed by atoms with Crippen LogP contribution >= 0.6 is 11.6 Å². The van der Waals surface area contributed by atoms with Crippen molar-refractivity contribution in [2.45, 2.75) is 19.4 Å². The summed E-state index contributed by atoms with van der Waals surface area (Å²) in [5.74, 6) is 0.345. The molecule has 1 amide bonds. The Morgan fingerprint density at radius 1 is 1.15 bits per heavy atom. The van der Waals surface area contributed by atoms with Gasteiger partial charge in [0, 0.05) is 31.5 Å². The van der Waals surface area contributed by atoms with Gasteiger partial charge in [0.15, 0.2) is 17.1 Å². The number of benzene rings is 2. The number of rotatable bonds is 4. The predicted octanol–water partition coefficient (Wildman–Crippen LogP) is 3.44. The molecule has 0 saturated carbocycles. The number of aryl methyl sites for hydroxylation is 1. The minimum absolute atomic E-state index is 0.0915. The molecule has 2 aromatic carbocycles. The molecule has 1 aromatic heterocycles. The zero-order valence-corrected chi connectivity index (χ0v) is 15.1. The molecule has 4 rings (SSSR count). The predicted molar refractivity (Wildman–Crippen MR) is 101 cm³/mol. The van der Waals surface area contributed by atoms with E-state index in [0.29, 0.717) is 46.5 Å². The van der Waals surface area contributed by atoms with Gasteiger partial charge >= 0.3 is 5.76 Å². The number of carbonyl (C=O) groups is 1. The van der Waals surface area contributed by atoms with Crippen molar-refractivity contribution in [2.75, 3.05) is 18.5 Å². The fourth-order valence-electron chi connectivity index (χ4n) is 2.93. The third kappa shape index (κ3) is 3.64. The number of amides is 1. The minimum Gasteiger partial charge on any atom is -0.490 e. The number of anilines is 1. The Balaban J connectivity index is 1.47. The van der Waals surface area contributed by atoms with E-state index in [1.165, 1.54) is 4.57 Å². The number of carbonyl (C=O) groups excluding carboxylic acids is 1. The number of oxazole rings is 1. The lowest BCUT2D eigenvalue weighted by atomic mass is 10.2. The Kier molecular flexibility index (Phi) is 4.77. The number of fused-ring (bicyclic) bond motifs is 2. The van der Waals surface area contributed by atoms with Gasteiger partial charge in [-0.1, -0.05) is 23.7 Å². The summed E-state index contributed by atoms with van der Waals surface area (Å²) in [5, 5.41) is 3.12. The molecular formula is C19H17ClN2O5. The highest BCUT2D eigenvalue weighted by Gasteiger charge is 2.16. The average molecular weight is 389 g/mol. The van der Waals surface area contributed by atoms with E-state index < -0.39 is 5.76 Å². The summed E-state index contributed by atoms with van der Waals surface area (Å²) >= 11 is 6.24. The molecule has 1 aliphatic heterocycles. The van der Waals surface area contributed by atoms with Gasteiger partial charge in [-0.2, -0.15) is 0 Å². The maximum absolute atomic E-state index is 12.4. The first kappa shape index (κ1) is 17.5. The van der Waals surface area contributed by atoms with E-state index in [1.54, 1.807) is 30.3 Å². The van der Waals surface area contributed by atoms with Crippen molar-refractivity contribution in [3.8, 4) is 11.5 Å². The number of para-hydroxylation sites is 2. The molecule has 0 aliphatic carbocycles. The number of hydrogen-bond acceptors (Lipinski definition) is 5. The van der Waals surface area contributed by atoms with Crippen LogP contribution in [0.2, 0.25) is 5.02 Å². The second-order valence-electron chi connectivity index (χ2n) is 6.11. The second-order valence-corrected chi connectivity index (χ2v) is 6.52. The zero-order valence-electron chi connectivity index (χ0n) is 14.4. The molecule has 8 heteroatoms. The Bertz CT molecular complexity index is 1060. The molecule has 0 unspecified atom stereocenters. The fourth-order valence-corrected chi connectivity index (χ4v) is 3.13. The summed E-state index contributed by atoms with van der Waals surface area (Å²) in [6, 6.07) is 10.4. The summed E-state index contributed by atoms with van der Waals surface area (Å²) < 4.78 is 17.8. The van der Waals surface area contributed by atoms with Crippen molar-refractivity contribution in [3.05, 3.63) is 52.0 Å². The minimum atomic E-state index is -0.488. The van der Waals surface area contributed by atoms with Gasteiger partial charge in [0.2, 0.25) is 5.91 Å². The quantitative estimate of drug-likeness (QED) is 0.740. The van der Waals surface area contributed by atoms with Crippen LogP contribution < -0.4 is 20.5 Å². The van der Waals surface area contributed by atoms with Gasteiger partial charge in [-0.25, -0.2) is 4.79 Å². The molecule has 0 atom stereocenters. The molecule has 7 nitrogen and oxygen atoms in total. The van der Waals surface area contributed by atoms with Gasteiger partial charge in [-0.15, -0.1) is 0 Å². The first-order chi connectivity index (χ1) is 13.1. The van der Waals surface area contributed by atoms with Crippen molar-refractivity contribution >= 4 is 34.3 Å². The van der Waals surface area contributed by atoms with Gasteiger partial charge in [0.1, 0.15) is 0 Å². The first-order valence-electron chi connectivity index (χ1n) is 8.59. The third-order valence-corrected chi connectivity index (χ3v) is 4.56. The molecule has 1 N–H and O–H groups in total. The molecule has 0 radical (unpaired) electrons. The van der Waals surface area contributed by atoms with E-state index in [4.69, 9.17) is 25.5 Å². The van der Waals surface area contributed by atoms with Crippen molar-refractivity contribution in [1.29, 1.82) is 0 Å². The number of nitrogens with zero attached hydrogens (tertiary/aromatic N) is 1. The van der Waals surface area contributed by atoms with Crippen LogP contribution in [-0.2, 0) is 11.3 Å². The van der Waals surface area contributed by atoms with Gasteiger partial charge in [0.05, 0.1) is 29.4 Å². The number of hydrogen-bond donors (Lipinski definition) is 1. The smallest absolute Gasteiger partial charge is 0.419 e. The molecular weight excluding hydrogens is 372 g/mol. The standard InChI is InChI=1S/C19H17ClN2O5/c20-12-10-16-17(26-9-3-8-25-16)11-13(12)21-18(23)6-7-22-14-4-1-2-5-15(14)27-19(22)24/h1-2,4-5,10-11H,3,6-9H2,(H,21,23). The van der Waals surface area contributed by atoms with Crippen LogP contribution in [0.4, 0.5) is 5.69 Å². The highest BCUT2D eigenvalue weighted by atomic mass is 35.5. The van der Waals surface area contributed by atoms with Crippen LogP contribution in [0.15, 0.2) is 45.6 Å². The van der Waals surface area contributed by atoms with Crippen molar-refractivity contribution < 1.29 is 18.7 Å². The lowest BCUT2D eigenvalue weighted by Gasteiger charge is -2.12. The Morgan fingerprint density at radius 3 is 2.70 bits per heavy atom. The summed E-state index contributed by atoms with van der Waals surface area (Å²) in [7, 11) is 0. The lowest BCUT2D eigenvalue weighted by Crippen LogP contribution is -2.20. The van der Waals surface area contributed by atoms with Crippen LogP contribution in [0, 0.1) is 0 Å². The normalized spacial score (nSPS) is 13.4. The van der Waals surface area contributed by atoms with Gasteiger partial charge in [-0.3, -0.25) is 9.36 Å². The molecule has 2 heterocycles. The van der Waals surface area contributed by atoms with E-state index in [2.05, 4.69) is 5.32 Å². The van der Waals surface area contributed by atoms with Crippen molar-refractivity contribution in [2.24, 2.45) is 0 Å². The lowest BCUT2D eigenvalue weighted by molar-refractivity contribution is -0.116. The van der Waals surface area contributed by atoms with Crippen LogP contribution in [0.5, 0.6) is 11.5 Å². The SMILES string of the molecule is O=C(CCn1c(=O)oc2ccccc21)Nc1cc2c(cc1Cl)OCCCO2. The van der Waals surface area contributed by atoms with E-state index in [0.717, 1.165) is 6.42 Å². The number of aromatic nitrogens is 1. The highest BCUT2D eigenvalue weighted by Crippen LogP contribution is 2.37. The van der Waals surface area contributed by atoms with E-state index in [-0.39, 0.29) is 18.9 Å². The van der Waals surface area contributed by atoms with E-state index in [9.17, 15) is 9.59 Å². The van der Waals surface area contributed by atoms with Gasteiger partial charge < -0.3 is 19.2 Å². The molecule has 0 bridgehead atoms. The number of halogens is 1. The fraction of sp³-hybridized carbons (Fsp3) is 0.263. The zero-order chi connectivity index (χ0) is 18.8. The van der Waals surface area contributed by atoms with Crippen LogP contribution in [0.3, 0.4) is 0 Å².